The lowest BCUT2D eigenvalue weighted by molar-refractivity contribution is -0.151. The Bertz CT molecular complexity index is 567. The highest BCUT2D eigenvalue weighted by atomic mass is 16.5. The fourth-order valence-electron chi connectivity index (χ4n) is 4.55. The molecule has 0 aliphatic rings. The van der Waals surface area contributed by atoms with Crippen molar-refractivity contribution in [1.82, 2.24) is 0 Å². The number of ether oxygens (including phenoxy) is 1. The summed E-state index contributed by atoms with van der Waals surface area (Å²) in [6.45, 7) is 4.48. The Kier molecular flexibility index (Phi) is 27.7. The van der Waals surface area contributed by atoms with Gasteiger partial charge in [-0.25, -0.2) is 0 Å². The number of carbonyl (C=O) groups excluding carboxylic acids is 1. The molecule has 0 fully saturated rings. The molecule has 0 rings (SSSR count). The maximum absolute atomic E-state index is 12.3. The van der Waals surface area contributed by atoms with E-state index in [2.05, 4.69) is 38.2 Å². The number of unbranched alkanes of at least 4 members (excludes halogenated alkanes) is 16. The van der Waals surface area contributed by atoms with Crippen molar-refractivity contribution in [3.63, 3.8) is 0 Å². The molecule has 0 amide bonds. The average Bonchev–Trinajstić information content (AvgIpc) is 2.88. The van der Waals surface area contributed by atoms with Gasteiger partial charge in [0.05, 0.1) is 0 Å². The molecular formula is C33H60O4. The first-order valence-corrected chi connectivity index (χ1v) is 15.8. The Morgan fingerprint density at radius 1 is 0.595 bits per heavy atom. The first kappa shape index (κ1) is 35.4. The van der Waals surface area contributed by atoms with Crippen LogP contribution in [0.1, 0.15) is 168 Å². The van der Waals surface area contributed by atoms with Crippen molar-refractivity contribution in [2.45, 2.75) is 174 Å². The van der Waals surface area contributed by atoms with Gasteiger partial charge in [-0.3, -0.25) is 9.59 Å². The predicted octanol–water partition coefficient (Wildman–Crippen LogP) is 10.5. The highest BCUT2D eigenvalue weighted by Crippen LogP contribution is 2.17. The number of hydrogen-bond acceptors (Lipinski definition) is 3. The van der Waals surface area contributed by atoms with Crippen molar-refractivity contribution >= 4 is 11.9 Å². The van der Waals surface area contributed by atoms with E-state index in [1.165, 1.54) is 83.5 Å². The van der Waals surface area contributed by atoms with E-state index in [0.717, 1.165) is 51.4 Å². The van der Waals surface area contributed by atoms with Crippen molar-refractivity contribution in [3.8, 4) is 0 Å². The smallest absolute Gasteiger partial charge is 0.306 e. The molecule has 0 bridgehead atoms. The number of rotatable bonds is 28. The summed E-state index contributed by atoms with van der Waals surface area (Å²) in [6.07, 6.45) is 34.7. The Morgan fingerprint density at radius 2 is 1.08 bits per heavy atom. The normalized spacial score (nSPS) is 12.5. The van der Waals surface area contributed by atoms with Gasteiger partial charge in [0.2, 0.25) is 0 Å². The molecule has 0 spiro atoms. The Balaban J connectivity index is 3.81. The van der Waals surface area contributed by atoms with Crippen LogP contribution in [0.25, 0.3) is 0 Å². The zero-order valence-corrected chi connectivity index (χ0v) is 24.5. The van der Waals surface area contributed by atoms with Crippen molar-refractivity contribution in [1.29, 1.82) is 0 Å². The van der Waals surface area contributed by atoms with Crippen LogP contribution in [0.15, 0.2) is 24.3 Å². The van der Waals surface area contributed by atoms with Crippen molar-refractivity contribution in [3.05, 3.63) is 24.3 Å². The van der Waals surface area contributed by atoms with Crippen LogP contribution >= 0.6 is 0 Å². The molecule has 0 saturated carbocycles. The minimum Gasteiger partial charge on any atom is -0.481 e. The molecule has 0 heterocycles. The van der Waals surface area contributed by atoms with Gasteiger partial charge in [-0.05, 0) is 57.8 Å². The number of carboxylic acids is 1. The van der Waals surface area contributed by atoms with Gasteiger partial charge < -0.3 is 9.84 Å². The highest BCUT2D eigenvalue weighted by molar-refractivity contribution is 5.69. The van der Waals surface area contributed by atoms with Crippen LogP contribution in [0.5, 0.6) is 0 Å². The Labute approximate surface area is 229 Å². The second kappa shape index (κ2) is 29.0. The summed E-state index contributed by atoms with van der Waals surface area (Å²) in [5.41, 5.74) is 0. The summed E-state index contributed by atoms with van der Waals surface area (Å²) in [5, 5.41) is 9.03. The number of carboxylic acid groups (broad SMARTS) is 1. The fourth-order valence-corrected chi connectivity index (χ4v) is 4.55. The monoisotopic (exact) mass is 520 g/mol. The van der Waals surface area contributed by atoms with Crippen LogP contribution in [0.2, 0.25) is 0 Å². The standard InChI is InChI=1S/C33H60O4/c1-3-5-7-9-11-13-14-15-16-17-18-20-22-24-26-28-33(36)37-31(29-30-32(34)35)27-25-23-21-19-12-10-8-6-4-2/h11,13,15-16,31H,3-10,12,14,17-30H2,1-2H3,(H,34,35)/b13-11-,16-15-. The third kappa shape index (κ3) is 28.8. The van der Waals surface area contributed by atoms with Crippen LogP contribution in [0, 0.1) is 0 Å². The molecule has 0 aliphatic carbocycles. The van der Waals surface area contributed by atoms with Crippen LogP contribution in [-0.2, 0) is 14.3 Å². The zero-order valence-electron chi connectivity index (χ0n) is 24.5. The molecule has 0 radical (unpaired) electrons. The molecule has 1 N–H and O–H groups in total. The SMILES string of the molecule is CCCCC/C=C\C/C=C\CCCCCCCC(=O)OC(CCCCCCCCCCC)CCC(=O)O. The van der Waals surface area contributed by atoms with Crippen LogP contribution in [0.3, 0.4) is 0 Å². The van der Waals surface area contributed by atoms with E-state index in [1.54, 1.807) is 0 Å². The van der Waals surface area contributed by atoms with E-state index >= 15 is 0 Å². The third-order valence-corrected chi connectivity index (χ3v) is 6.94. The molecule has 4 heteroatoms. The topological polar surface area (TPSA) is 63.6 Å². The summed E-state index contributed by atoms with van der Waals surface area (Å²) >= 11 is 0. The lowest BCUT2D eigenvalue weighted by Gasteiger charge is -2.17. The molecular weight excluding hydrogens is 460 g/mol. The van der Waals surface area contributed by atoms with Gasteiger partial charge in [0.15, 0.2) is 0 Å². The third-order valence-electron chi connectivity index (χ3n) is 6.94. The molecule has 0 aromatic carbocycles. The summed E-state index contributed by atoms with van der Waals surface area (Å²) in [4.78, 5) is 23.3. The van der Waals surface area contributed by atoms with Crippen molar-refractivity contribution in [2.24, 2.45) is 0 Å². The van der Waals surface area contributed by atoms with E-state index in [4.69, 9.17) is 9.84 Å². The van der Waals surface area contributed by atoms with Gasteiger partial charge in [-0.1, -0.05) is 122 Å². The number of allylic oxidation sites excluding steroid dienone is 4. The molecule has 0 saturated heterocycles. The molecule has 0 aromatic heterocycles. The highest BCUT2D eigenvalue weighted by Gasteiger charge is 2.15. The summed E-state index contributed by atoms with van der Waals surface area (Å²) in [6, 6.07) is 0. The van der Waals surface area contributed by atoms with Gasteiger partial charge in [0, 0.05) is 12.8 Å². The first-order valence-electron chi connectivity index (χ1n) is 15.8. The molecule has 1 atom stereocenters. The van der Waals surface area contributed by atoms with Gasteiger partial charge in [-0.2, -0.15) is 0 Å². The Hall–Kier alpha value is -1.58. The van der Waals surface area contributed by atoms with Crippen molar-refractivity contribution in [2.75, 3.05) is 0 Å². The molecule has 216 valence electrons. The van der Waals surface area contributed by atoms with Crippen LogP contribution < -0.4 is 0 Å². The van der Waals surface area contributed by atoms with Crippen LogP contribution in [0.4, 0.5) is 0 Å². The maximum atomic E-state index is 12.3. The molecule has 4 nitrogen and oxygen atoms in total. The summed E-state index contributed by atoms with van der Waals surface area (Å²) in [7, 11) is 0. The van der Waals surface area contributed by atoms with Crippen LogP contribution in [-0.4, -0.2) is 23.1 Å². The zero-order chi connectivity index (χ0) is 27.2. The fraction of sp³-hybridized carbons (Fsp3) is 0.818. The van der Waals surface area contributed by atoms with E-state index < -0.39 is 5.97 Å². The largest absolute Gasteiger partial charge is 0.481 e. The number of carbonyl (C=O) groups is 2. The minimum absolute atomic E-state index is 0.0685. The lowest BCUT2D eigenvalue weighted by Crippen LogP contribution is -2.19. The maximum Gasteiger partial charge on any atom is 0.306 e. The quantitative estimate of drug-likeness (QED) is 0.0633. The van der Waals surface area contributed by atoms with E-state index in [1.807, 2.05) is 0 Å². The van der Waals surface area contributed by atoms with Crippen molar-refractivity contribution < 1.29 is 19.4 Å². The van der Waals surface area contributed by atoms with E-state index in [0.29, 0.717) is 12.8 Å². The first-order chi connectivity index (χ1) is 18.1. The minimum atomic E-state index is -0.818. The van der Waals surface area contributed by atoms with Gasteiger partial charge in [0.1, 0.15) is 6.10 Å². The average molecular weight is 521 g/mol. The van der Waals surface area contributed by atoms with E-state index in [9.17, 15) is 9.59 Å². The number of hydrogen-bond donors (Lipinski definition) is 1. The Morgan fingerprint density at radius 3 is 1.68 bits per heavy atom. The van der Waals surface area contributed by atoms with Gasteiger partial charge in [-0.15, -0.1) is 0 Å². The summed E-state index contributed by atoms with van der Waals surface area (Å²) in [5.74, 6) is -0.973. The second-order valence-corrected chi connectivity index (χ2v) is 10.6. The number of aliphatic carboxylic acids is 1. The summed E-state index contributed by atoms with van der Waals surface area (Å²) < 4.78 is 5.68. The van der Waals surface area contributed by atoms with Gasteiger partial charge >= 0.3 is 11.9 Å². The molecule has 37 heavy (non-hydrogen) atoms. The number of esters is 1. The molecule has 0 aliphatic heterocycles. The predicted molar refractivity (Wildman–Crippen MR) is 158 cm³/mol. The van der Waals surface area contributed by atoms with Gasteiger partial charge in [0.25, 0.3) is 0 Å². The molecule has 1 unspecified atom stereocenters. The van der Waals surface area contributed by atoms with E-state index in [-0.39, 0.29) is 18.5 Å². The lowest BCUT2D eigenvalue weighted by atomic mass is 10.0. The molecule has 0 aromatic rings. The second-order valence-electron chi connectivity index (χ2n) is 10.6.